The SMILES string of the molecule is NNc1cc(NCc2cccc(Br)c2)nc(N)n1. The van der Waals surface area contributed by atoms with E-state index in [1.165, 1.54) is 0 Å². The summed E-state index contributed by atoms with van der Waals surface area (Å²) < 4.78 is 1.04. The molecule has 2 aromatic rings. The fourth-order valence-corrected chi connectivity index (χ4v) is 1.92. The van der Waals surface area contributed by atoms with Gasteiger partial charge in [0.15, 0.2) is 0 Å². The van der Waals surface area contributed by atoms with Crippen molar-refractivity contribution in [2.75, 3.05) is 16.5 Å². The minimum Gasteiger partial charge on any atom is -0.368 e. The van der Waals surface area contributed by atoms with Crippen LogP contribution in [0.15, 0.2) is 34.8 Å². The van der Waals surface area contributed by atoms with Gasteiger partial charge in [0.05, 0.1) is 0 Å². The molecule has 6 nitrogen and oxygen atoms in total. The van der Waals surface area contributed by atoms with Crippen molar-refractivity contribution in [2.45, 2.75) is 6.54 Å². The second-order valence-corrected chi connectivity index (χ2v) is 4.54. The highest BCUT2D eigenvalue weighted by atomic mass is 79.9. The topological polar surface area (TPSA) is 102 Å². The first kappa shape index (κ1) is 12.6. The number of hydrogen-bond acceptors (Lipinski definition) is 6. The molecule has 0 spiro atoms. The molecule has 0 radical (unpaired) electrons. The van der Waals surface area contributed by atoms with Crippen LogP contribution in [0.5, 0.6) is 0 Å². The Balaban J connectivity index is 2.08. The molecule has 0 saturated carbocycles. The summed E-state index contributed by atoms with van der Waals surface area (Å²) in [6.07, 6.45) is 0. The predicted octanol–water partition coefficient (Wildman–Crippen LogP) is 1.72. The number of benzene rings is 1. The Morgan fingerprint density at radius 3 is 2.67 bits per heavy atom. The average Bonchev–Trinajstić information content (AvgIpc) is 2.36. The van der Waals surface area contributed by atoms with Crippen LogP contribution in [0.4, 0.5) is 17.6 Å². The van der Waals surface area contributed by atoms with Crippen LogP contribution in [0.1, 0.15) is 5.56 Å². The van der Waals surface area contributed by atoms with E-state index in [2.05, 4.69) is 36.6 Å². The lowest BCUT2D eigenvalue weighted by Crippen LogP contribution is -2.12. The molecule has 18 heavy (non-hydrogen) atoms. The van der Waals surface area contributed by atoms with Crippen molar-refractivity contribution in [3.05, 3.63) is 40.4 Å². The molecule has 1 heterocycles. The van der Waals surface area contributed by atoms with Crippen molar-refractivity contribution in [1.29, 1.82) is 0 Å². The molecular weight excluding hydrogens is 296 g/mol. The molecule has 0 unspecified atom stereocenters. The largest absolute Gasteiger partial charge is 0.368 e. The van der Waals surface area contributed by atoms with Crippen molar-refractivity contribution in [1.82, 2.24) is 9.97 Å². The fourth-order valence-electron chi connectivity index (χ4n) is 1.47. The third-order valence-electron chi connectivity index (χ3n) is 2.25. The Hall–Kier alpha value is -1.86. The molecule has 0 aliphatic heterocycles. The zero-order valence-electron chi connectivity index (χ0n) is 9.52. The first-order valence-corrected chi connectivity index (χ1v) is 6.06. The summed E-state index contributed by atoms with van der Waals surface area (Å²) in [6.45, 7) is 0.639. The third-order valence-corrected chi connectivity index (χ3v) is 2.75. The highest BCUT2D eigenvalue weighted by Crippen LogP contribution is 2.15. The van der Waals surface area contributed by atoms with E-state index < -0.39 is 0 Å². The maximum absolute atomic E-state index is 5.56. The van der Waals surface area contributed by atoms with E-state index in [1.54, 1.807) is 6.07 Å². The number of nitrogen functional groups attached to an aromatic ring is 2. The molecule has 0 aliphatic carbocycles. The van der Waals surface area contributed by atoms with Gasteiger partial charge in [0.1, 0.15) is 11.6 Å². The third kappa shape index (κ3) is 3.31. The van der Waals surface area contributed by atoms with Crippen LogP contribution in [0.2, 0.25) is 0 Å². The summed E-state index contributed by atoms with van der Waals surface area (Å²) in [5, 5.41) is 3.16. The minimum absolute atomic E-state index is 0.169. The van der Waals surface area contributed by atoms with Gasteiger partial charge in [-0.1, -0.05) is 28.1 Å². The lowest BCUT2D eigenvalue weighted by atomic mass is 10.2. The van der Waals surface area contributed by atoms with Crippen LogP contribution < -0.4 is 22.3 Å². The van der Waals surface area contributed by atoms with Gasteiger partial charge in [-0.05, 0) is 17.7 Å². The Kier molecular flexibility index (Phi) is 3.96. The molecule has 0 saturated heterocycles. The number of anilines is 3. The highest BCUT2D eigenvalue weighted by molar-refractivity contribution is 9.10. The Morgan fingerprint density at radius 2 is 1.94 bits per heavy atom. The van der Waals surface area contributed by atoms with Crippen molar-refractivity contribution in [3.8, 4) is 0 Å². The first-order chi connectivity index (χ1) is 8.67. The van der Waals surface area contributed by atoms with Crippen LogP contribution in [-0.2, 0) is 6.54 Å². The Bertz CT molecular complexity index is 545. The summed E-state index contributed by atoms with van der Waals surface area (Å²) in [7, 11) is 0. The molecule has 0 bridgehead atoms. The lowest BCUT2D eigenvalue weighted by molar-refractivity contribution is 1.08. The molecule has 2 rings (SSSR count). The molecule has 6 N–H and O–H groups in total. The first-order valence-electron chi connectivity index (χ1n) is 5.27. The molecule has 0 atom stereocenters. The van der Waals surface area contributed by atoms with Crippen LogP contribution >= 0.6 is 15.9 Å². The zero-order chi connectivity index (χ0) is 13.0. The van der Waals surface area contributed by atoms with Crippen LogP contribution in [0.3, 0.4) is 0 Å². The number of hydrazine groups is 1. The van der Waals surface area contributed by atoms with Gasteiger partial charge in [0, 0.05) is 17.1 Å². The molecule has 1 aromatic carbocycles. The van der Waals surface area contributed by atoms with E-state index in [0.717, 1.165) is 10.0 Å². The van der Waals surface area contributed by atoms with Gasteiger partial charge in [0.25, 0.3) is 0 Å². The zero-order valence-corrected chi connectivity index (χ0v) is 11.1. The van der Waals surface area contributed by atoms with E-state index in [4.69, 9.17) is 11.6 Å². The van der Waals surface area contributed by atoms with E-state index >= 15 is 0 Å². The van der Waals surface area contributed by atoms with Gasteiger partial charge < -0.3 is 16.5 Å². The smallest absolute Gasteiger partial charge is 0.223 e. The van der Waals surface area contributed by atoms with Gasteiger partial charge >= 0.3 is 0 Å². The van der Waals surface area contributed by atoms with Crippen molar-refractivity contribution >= 4 is 33.5 Å². The van der Waals surface area contributed by atoms with E-state index in [-0.39, 0.29) is 5.95 Å². The minimum atomic E-state index is 0.169. The van der Waals surface area contributed by atoms with Gasteiger partial charge in [0.2, 0.25) is 5.95 Å². The number of halogens is 1. The second kappa shape index (κ2) is 5.65. The second-order valence-electron chi connectivity index (χ2n) is 3.62. The normalized spacial score (nSPS) is 10.1. The predicted molar refractivity (Wildman–Crippen MR) is 75.7 cm³/mol. The number of nitrogens with two attached hydrogens (primary N) is 2. The molecule has 94 valence electrons. The van der Waals surface area contributed by atoms with Crippen LogP contribution in [-0.4, -0.2) is 9.97 Å². The number of hydrogen-bond donors (Lipinski definition) is 4. The van der Waals surface area contributed by atoms with E-state index in [0.29, 0.717) is 18.2 Å². The van der Waals surface area contributed by atoms with Gasteiger partial charge in [-0.15, -0.1) is 0 Å². The Labute approximate surface area is 113 Å². The Morgan fingerprint density at radius 1 is 1.17 bits per heavy atom. The maximum atomic E-state index is 5.56. The summed E-state index contributed by atoms with van der Waals surface area (Å²) in [4.78, 5) is 7.97. The number of aromatic nitrogens is 2. The standard InChI is InChI=1S/C11H13BrN6/c12-8-3-1-2-7(4-8)6-15-9-5-10(18-14)17-11(13)16-9/h1-5H,6,14H2,(H4,13,15,16,17,18). The van der Waals surface area contributed by atoms with E-state index in [9.17, 15) is 0 Å². The fraction of sp³-hybridized carbons (Fsp3) is 0.0909. The highest BCUT2D eigenvalue weighted by Gasteiger charge is 2.01. The van der Waals surface area contributed by atoms with Crippen molar-refractivity contribution < 1.29 is 0 Å². The quantitative estimate of drug-likeness (QED) is 0.507. The average molecular weight is 309 g/mol. The maximum Gasteiger partial charge on any atom is 0.223 e. The van der Waals surface area contributed by atoms with Crippen molar-refractivity contribution in [2.24, 2.45) is 5.84 Å². The number of rotatable bonds is 4. The monoisotopic (exact) mass is 308 g/mol. The van der Waals surface area contributed by atoms with Gasteiger partial charge in [-0.3, -0.25) is 0 Å². The number of nitrogens with one attached hydrogen (secondary N) is 2. The molecule has 0 fully saturated rings. The summed E-state index contributed by atoms with van der Waals surface area (Å²) in [6, 6.07) is 9.68. The molecule has 7 heteroatoms. The molecular formula is C11H13BrN6. The lowest BCUT2D eigenvalue weighted by Gasteiger charge is -2.08. The van der Waals surface area contributed by atoms with Gasteiger partial charge in [-0.2, -0.15) is 9.97 Å². The molecule has 0 amide bonds. The van der Waals surface area contributed by atoms with Crippen molar-refractivity contribution in [3.63, 3.8) is 0 Å². The summed E-state index contributed by atoms with van der Waals surface area (Å²) in [5.41, 5.74) is 9.13. The molecule has 1 aromatic heterocycles. The van der Waals surface area contributed by atoms with Crippen LogP contribution in [0, 0.1) is 0 Å². The van der Waals surface area contributed by atoms with Crippen LogP contribution in [0.25, 0.3) is 0 Å². The van der Waals surface area contributed by atoms with E-state index in [1.807, 2.05) is 24.3 Å². The van der Waals surface area contributed by atoms with Gasteiger partial charge in [-0.25, -0.2) is 5.84 Å². The number of nitrogens with zero attached hydrogens (tertiary/aromatic N) is 2. The summed E-state index contributed by atoms with van der Waals surface area (Å²) in [5.74, 6) is 6.55. The molecule has 0 aliphatic rings. The summed E-state index contributed by atoms with van der Waals surface area (Å²) >= 11 is 3.42.